The van der Waals surface area contributed by atoms with Gasteiger partial charge in [-0.3, -0.25) is 4.79 Å². The third-order valence-electron chi connectivity index (χ3n) is 3.78. The largest absolute Gasteiger partial charge is 0.366 e. The van der Waals surface area contributed by atoms with Gasteiger partial charge in [-0.05, 0) is 37.1 Å². The molecule has 1 fully saturated rings. The van der Waals surface area contributed by atoms with Gasteiger partial charge < -0.3 is 10.6 Å². The molecule has 0 atom stereocenters. The second-order valence-corrected chi connectivity index (χ2v) is 5.51. The summed E-state index contributed by atoms with van der Waals surface area (Å²) in [5.41, 5.74) is 0.260. The maximum absolute atomic E-state index is 13.1. The lowest BCUT2D eigenvalue weighted by atomic mass is 10.2. The molecule has 0 radical (unpaired) electrons. The smallest absolute Gasteiger partial charge is 0.276 e. The van der Waals surface area contributed by atoms with Crippen molar-refractivity contribution in [3.05, 3.63) is 47.7 Å². The lowest BCUT2D eigenvalue weighted by molar-refractivity contribution is 0.102. The number of halogens is 2. The Morgan fingerprint density at radius 2 is 1.83 bits per heavy atom. The highest BCUT2D eigenvalue weighted by Crippen LogP contribution is 2.21. The first-order chi connectivity index (χ1) is 11.1. The Morgan fingerprint density at radius 3 is 2.48 bits per heavy atom. The maximum atomic E-state index is 13.1. The van der Waals surface area contributed by atoms with Crippen LogP contribution in [0.3, 0.4) is 0 Å². The van der Waals surface area contributed by atoms with E-state index in [4.69, 9.17) is 0 Å². The normalized spacial score (nSPS) is 14.7. The van der Waals surface area contributed by atoms with Crippen LogP contribution in [-0.4, -0.2) is 22.1 Å². The molecule has 5 nitrogen and oxygen atoms in total. The molecule has 2 N–H and O–H groups in total. The van der Waals surface area contributed by atoms with Gasteiger partial charge in [-0.15, -0.1) is 10.2 Å². The van der Waals surface area contributed by atoms with Crippen LogP contribution < -0.4 is 10.6 Å². The predicted octanol–water partition coefficient (Wildman–Crippen LogP) is 3.36. The molecule has 0 unspecified atom stereocenters. The molecule has 3 rings (SSSR count). The molecule has 1 aromatic heterocycles. The van der Waals surface area contributed by atoms with Crippen LogP contribution in [0.5, 0.6) is 0 Å². The second-order valence-electron chi connectivity index (χ2n) is 5.51. The van der Waals surface area contributed by atoms with Crippen LogP contribution in [0.1, 0.15) is 36.2 Å². The minimum absolute atomic E-state index is 0.103. The standard InChI is InChI=1S/C16H16F2N4O/c17-12-6-5-11(9-13(12)18)20-16(23)14-7-8-15(22-21-14)19-10-3-1-2-4-10/h5-10H,1-4H2,(H,19,22)(H,20,23). The Labute approximate surface area is 132 Å². The van der Waals surface area contributed by atoms with Crippen molar-refractivity contribution >= 4 is 17.4 Å². The SMILES string of the molecule is O=C(Nc1ccc(F)c(F)c1)c1ccc(NC2CCCC2)nn1. The summed E-state index contributed by atoms with van der Waals surface area (Å²) in [5, 5.41) is 13.6. The van der Waals surface area contributed by atoms with Crippen molar-refractivity contribution in [2.24, 2.45) is 0 Å². The number of aromatic nitrogens is 2. The first-order valence-corrected chi connectivity index (χ1v) is 7.48. The van der Waals surface area contributed by atoms with Crippen LogP contribution in [0.4, 0.5) is 20.3 Å². The number of nitrogens with zero attached hydrogens (tertiary/aromatic N) is 2. The summed E-state index contributed by atoms with van der Waals surface area (Å²) < 4.78 is 26.0. The molecule has 1 aliphatic rings. The number of carbonyl (C=O) groups excluding carboxylic acids is 1. The molecular formula is C16H16F2N4O. The van der Waals surface area contributed by atoms with Crippen LogP contribution in [0.2, 0.25) is 0 Å². The highest BCUT2D eigenvalue weighted by atomic mass is 19.2. The molecule has 23 heavy (non-hydrogen) atoms. The molecule has 0 aliphatic heterocycles. The second kappa shape index (κ2) is 6.68. The fourth-order valence-electron chi connectivity index (χ4n) is 2.58. The van der Waals surface area contributed by atoms with E-state index in [0.29, 0.717) is 11.9 Å². The molecular weight excluding hydrogens is 302 g/mol. The maximum Gasteiger partial charge on any atom is 0.276 e. The van der Waals surface area contributed by atoms with Crippen molar-refractivity contribution in [1.29, 1.82) is 0 Å². The topological polar surface area (TPSA) is 66.9 Å². The van der Waals surface area contributed by atoms with E-state index in [0.717, 1.165) is 25.0 Å². The van der Waals surface area contributed by atoms with Crippen LogP contribution in [-0.2, 0) is 0 Å². The summed E-state index contributed by atoms with van der Waals surface area (Å²) in [7, 11) is 0. The Kier molecular flexibility index (Phi) is 4.45. The number of hydrogen-bond donors (Lipinski definition) is 2. The number of rotatable bonds is 4. The molecule has 1 amide bonds. The molecule has 120 valence electrons. The number of amides is 1. The van der Waals surface area contributed by atoms with Gasteiger partial charge in [0, 0.05) is 17.8 Å². The van der Waals surface area contributed by atoms with Gasteiger partial charge in [0.2, 0.25) is 0 Å². The molecule has 0 spiro atoms. The number of anilines is 2. The Hall–Kier alpha value is -2.57. The molecule has 1 saturated carbocycles. The van der Waals surface area contributed by atoms with E-state index in [1.165, 1.54) is 18.9 Å². The zero-order chi connectivity index (χ0) is 16.2. The van der Waals surface area contributed by atoms with Crippen LogP contribution in [0, 0.1) is 11.6 Å². The highest BCUT2D eigenvalue weighted by Gasteiger charge is 2.16. The van der Waals surface area contributed by atoms with Crippen molar-refractivity contribution in [2.45, 2.75) is 31.7 Å². The summed E-state index contributed by atoms with van der Waals surface area (Å²) in [6, 6.07) is 6.78. The van der Waals surface area contributed by atoms with Gasteiger partial charge in [0.05, 0.1) is 0 Å². The lowest BCUT2D eigenvalue weighted by Crippen LogP contribution is -2.18. The molecule has 1 heterocycles. The van der Waals surface area contributed by atoms with Crippen molar-refractivity contribution in [2.75, 3.05) is 10.6 Å². The molecule has 1 aliphatic carbocycles. The molecule has 7 heteroatoms. The van der Waals surface area contributed by atoms with Crippen LogP contribution in [0.15, 0.2) is 30.3 Å². The highest BCUT2D eigenvalue weighted by molar-refractivity contribution is 6.02. The summed E-state index contributed by atoms with van der Waals surface area (Å²) in [6.07, 6.45) is 4.64. The van der Waals surface area contributed by atoms with E-state index >= 15 is 0 Å². The number of carbonyl (C=O) groups is 1. The first-order valence-electron chi connectivity index (χ1n) is 7.48. The summed E-state index contributed by atoms with van der Waals surface area (Å²) in [5.74, 6) is -1.90. The van der Waals surface area contributed by atoms with E-state index in [2.05, 4.69) is 20.8 Å². The van der Waals surface area contributed by atoms with Gasteiger partial charge in [0.25, 0.3) is 5.91 Å². The van der Waals surface area contributed by atoms with E-state index in [1.807, 2.05) is 0 Å². The number of nitrogens with one attached hydrogen (secondary N) is 2. The van der Waals surface area contributed by atoms with Gasteiger partial charge in [-0.1, -0.05) is 12.8 Å². The van der Waals surface area contributed by atoms with Gasteiger partial charge in [-0.2, -0.15) is 0 Å². The van der Waals surface area contributed by atoms with Crippen LogP contribution in [0.25, 0.3) is 0 Å². The minimum Gasteiger partial charge on any atom is -0.366 e. The Bertz CT molecular complexity index is 700. The minimum atomic E-state index is -1.02. The summed E-state index contributed by atoms with van der Waals surface area (Å²) in [6.45, 7) is 0. The number of hydrogen-bond acceptors (Lipinski definition) is 4. The van der Waals surface area contributed by atoms with E-state index in [1.54, 1.807) is 12.1 Å². The molecule has 1 aromatic carbocycles. The number of benzene rings is 1. The van der Waals surface area contributed by atoms with Gasteiger partial charge >= 0.3 is 0 Å². The Balaban J connectivity index is 1.63. The lowest BCUT2D eigenvalue weighted by Gasteiger charge is -2.11. The van der Waals surface area contributed by atoms with Gasteiger partial charge in [0.1, 0.15) is 5.82 Å². The molecule has 0 bridgehead atoms. The van der Waals surface area contributed by atoms with Crippen molar-refractivity contribution in [3.63, 3.8) is 0 Å². The zero-order valence-corrected chi connectivity index (χ0v) is 12.4. The zero-order valence-electron chi connectivity index (χ0n) is 12.4. The first kappa shape index (κ1) is 15.3. The monoisotopic (exact) mass is 318 g/mol. The van der Waals surface area contributed by atoms with E-state index in [9.17, 15) is 13.6 Å². The van der Waals surface area contributed by atoms with Crippen molar-refractivity contribution in [3.8, 4) is 0 Å². The molecule has 2 aromatic rings. The summed E-state index contributed by atoms with van der Waals surface area (Å²) >= 11 is 0. The van der Waals surface area contributed by atoms with E-state index in [-0.39, 0.29) is 11.4 Å². The van der Waals surface area contributed by atoms with E-state index < -0.39 is 17.5 Å². The quantitative estimate of drug-likeness (QED) is 0.907. The van der Waals surface area contributed by atoms with Gasteiger partial charge in [-0.25, -0.2) is 8.78 Å². The van der Waals surface area contributed by atoms with Crippen LogP contribution >= 0.6 is 0 Å². The Morgan fingerprint density at radius 1 is 1.04 bits per heavy atom. The fourth-order valence-corrected chi connectivity index (χ4v) is 2.58. The average molecular weight is 318 g/mol. The molecule has 0 saturated heterocycles. The average Bonchev–Trinajstić information content (AvgIpc) is 3.04. The van der Waals surface area contributed by atoms with Gasteiger partial charge in [0.15, 0.2) is 17.3 Å². The summed E-state index contributed by atoms with van der Waals surface area (Å²) in [4.78, 5) is 12.0. The van der Waals surface area contributed by atoms with Crippen molar-refractivity contribution < 1.29 is 13.6 Å². The third kappa shape index (κ3) is 3.80. The van der Waals surface area contributed by atoms with Crippen molar-refractivity contribution in [1.82, 2.24) is 10.2 Å². The fraction of sp³-hybridized carbons (Fsp3) is 0.312. The third-order valence-corrected chi connectivity index (χ3v) is 3.78. The predicted molar refractivity (Wildman–Crippen MR) is 82.2 cm³/mol.